The summed E-state index contributed by atoms with van der Waals surface area (Å²) in [5.41, 5.74) is 2.33. The van der Waals surface area contributed by atoms with E-state index in [1.807, 2.05) is 36.4 Å². The quantitative estimate of drug-likeness (QED) is 0.119. The van der Waals surface area contributed by atoms with Crippen molar-refractivity contribution in [3.8, 4) is 28.7 Å². The van der Waals surface area contributed by atoms with E-state index in [0.29, 0.717) is 70.3 Å². The number of benzene rings is 4. The van der Waals surface area contributed by atoms with Crippen LogP contribution in [0.5, 0.6) is 28.7 Å². The van der Waals surface area contributed by atoms with E-state index in [9.17, 15) is 14.7 Å². The number of aliphatic hydroxyl groups excluding tert-OH is 1. The number of thiazole rings is 1. The molecule has 1 saturated heterocycles. The number of fused-ring (bicyclic) bond motifs is 2. The summed E-state index contributed by atoms with van der Waals surface area (Å²) in [5.74, 6) is 0.447. The third-order valence-electron chi connectivity index (χ3n) is 7.79. The van der Waals surface area contributed by atoms with Crippen molar-refractivity contribution >= 4 is 44.1 Å². The van der Waals surface area contributed by atoms with Crippen molar-refractivity contribution in [2.45, 2.75) is 12.6 Å². The molecule has 4 aromatic carbocycles. The van der Waals surface area contributed by atoms with Crippen molar-refractivity contribution in [1.82, 2.24) is 4.98 Å². The molecule has 1 unspecified atom stereocenters. The first-order valence-corrected chi connectivity index (χ1v) is 15.3. The normalized spacial score (nSPS) is 16.9. The number of carbonyl (C=O) groups excluding carboxylic acids is 2. The molecule has 1 aromatic heterocycles. The summed E-state index contributed by atoms with van der Waals surface area (Å²) < 4.78 is 29.2. The number of amides is 1. The number of ether oxygens (including phenoxy) is 5. The predicted octanol–water partition coefficient (Wildman–Crippen LogP) is 6.29. The largest absolute Gasteiger partial charge is 0.507 e. The zero-order valence-electron chi connectivity index (χ0n) is 24.9. The Hall–Kier alpha value is -5.55. The molecule has 1 atom stereocenters. The zero-order chi connectivity index (χ0) is 31.8. The summed E-state index contributed by atoms with van der Waals surface area (Å²) in [6, 6.07) is 24.1. The fourth-order valence-corrected chi connectivity index (χ4v) is 6.54. The minimum atomic E-state index is -1.03. The molecule has 46 heavy (non-hydrogen) atoms. The highest BCUT2D eigenvalue weighted by molar-refractivity contribution is 7.22. The summed E-state index contributed by atoms with van der Waals surface area (Å²) in [6.07, 6.45) is 0. The summed E-state index contributed by atoms with van der Waals surface area (Å²) in [4.78, 5) is 33.6. The van der Waals surface area contributed by atoms with Crippen LogP contribution in [0.1, 0.15) is 22.7 Å². The summed E-state index contributed by atoms with van der Waals surface area (Å²) >= 11 is 1.24. The van der Waals surface area contributed by atoms with Gasteiger partial charge < -0.3 is 28.8 Å². The van der Waals surface area contributed by atoms with Gasteiger partial charge in [-0.25, -0.2) is 4.98 Å². The fourth-order valence-electron chi connectivity index (χ4n) is 5.52. The Morgan fingerprint density at radius 3 is 2.50 bits per heavy atom. The van der Waals surface area contributed by atoms with Crippen LogP contribution in [0.2, 0.25) is 0 Å². The van der Waals surface area contributed by atoms with E-state index in [1.165, 1.54) is 23.3 Å². The minimum Gasteiger partial charge on any atom is -0.507 e. The number of Topliss-reactive ketones (excluding diaryl/α,β-unsaturated/α-hetero) is 1. The molecule has 2 aliphatic heterocycles. The number of nitrogens with zero attached hydrogens (tertiary/aromatic N) is 2. The molecule has 0 bridgehead atoms. The van der Waals surface area contributed by atoms with E-state index in [1.54, 1.807) is 55.6 Å². The number of rotatable bonds is 8. The van der Waals surface area contributed by atoms with Crippen LogP contribution in [0.15, 0.2) is 90.5 Å². The Morgan fingerprint density at radius 2 is 1.72 bits per heavy atom. The van der Waals surface area contributed by atoms with Crippen LogP contribution in [0.4, 0.5) is 5.13 Å². The molecule has 0 radical (unpaired) electrons. The van der Waals surface area contributed by atoms with Crippen LogP contribution >= 0.6 is 11.3 Å². The molecular formula is C35H28N2O8S. The SMILES string of the molecule is COc1ccc2nc(N3C(=O)C(=O)/C(=C(/O)c4ccc5c(c4)OCCO5)C3c3ccc(OCc4ccccc4)c(OC)c3)sc2c1. The van der Waals surface area contributed by atoms with Crippen LogP contribution in [-0.2, 0) is 16.2 Å². The van der Waals surface area contributed by atoms with Crippen LogP contribution < -0.4 is 28.6 Å². The Morgan fingerprint density at radius 1 is 0.913 bits per heavy atom. The molecule has 1 N–H and O–H groups in total. The molecule has 3 heterocycles. The molecule has 232 valence electrons. The second kappa shape index (κ2) is 12.1. The van der Waals surface area contributed by atoms with Gasteiger partial charge in [-0.15, -0.1) is 0 Å². The third-order valence-corrected chi connectivity index (χ3v) is 8.81. The Bertz CT molecular complexity index is 2010. The molecule has 1 amide bonds. The van der Waals surface area contributed by atoms with Crippen molar-refractivity contribution < 1.29 is 38.4 Å². The standard InChI is InChI=1S/C35H28N2O8S/c1-41-23-10-11-24-29(18-23)46-35(36-24)37-31(21-8-12-25(27(16-21)42-2)45-19-20-6-4-3-5-7-20)30(33(39)34(37)40)32(38)22-9-13-26-28(17-22)44-15-14-43-26/h3-13,16-18,31,38H,14-15,19H2,1-2H3/b32-30+. The molecular weight excluding hydrogens is 608 g/mol. The first-order valence-electron chi connectivity index (χ1n) is 14.5. The summed E-state index contributed by atoms with van der Waals surface area (Å²) in [5, 5.41) is 12.0. The van der Waals surface area contributed by atoms with Gasteiger partial charge in [0.15, 0.2) is 28.1 Å². The predicted molar refractivity (Wildman–Crippen MR) is 172 cm³/mol. The molecule has 10 nitrogen and oxygen atoms in total. The van der Waals surface area contributed by atoms with E-state index < -0.39 is 17.7 Å². The van der Waals surface area contributed by atoms with Crippen LogP contribution in [0.3, 0.4) is 0 Å². The number of carbonyl (C=O) groups is 2. The topological polar surface area (TPSA) is 117 Å². The molecule has 2 aliphatic rings. The van der Waals surface area contributed by atoms with Crippen LogP contribution in [-0.4, -0.2) is 49.2 Å². The Balaban J connectivity index is 1.35. The van der Waals surface area contributed by atoms with E-state index in [2.05, 4.69) is 0 Å². The molecule has 0 aliphatic carbocycles. The van der Waals surface area contributed by atoms with Crippen molar-refractivity contribution in [3.05, 3.63) is 107 Å². The van der Waals surface area contributed by atoms with Crippen molar-refractivity contribution in [3.63, 3.8) is 0 Å². The van der Waals surface area contributed by atoms with Gasteiger partial charge in [0.25, 0.3) is 5.78 Å². The van der Waals surface area contributed by atoms with E-state index in [4.69, 9.17) is 28.7 Å². The average Bonchev–Trinajstić information content (AvgIpc) is 3.64. The number of aromatic nitrogens is 1. The number of methoxy groups -OCH3 is 2. The van der Waals surface area contributed by atoms with Crippen LogP contribution in [0, 0.1) is 0 Å². The monoisotopic (exact) mass is 636 g/mol. The first kappa shape index (κ1) is 29.2. The molecule has 0 spiro atoms. The number of aliphatic hydroxyl groups is 1. The van der Waals surface area contributed by atoms with Gasteiger partial charge in [-0.3, -0.25) is 14.5 Å². The molecule has 11 heteroatoms. The van der Waals surface area contributed by atoms with Crippen molar-refractivity contribution in [2.24, 2.45) is 0 Å². The first-order chi connectivity index (χ1) is 22.4. The maximum atomic E-state index is 13.8. The Labute approximate surface area is 268 Å². The van der Waals surface area contributed by atoms with Crippen molar-refractivity contribution in [1.29, 1.82) is 0 Å². The fraction of sp³-hybridized carbons (Fsp3) is 0.171. The zero-order valence-corrected chi connectivity index (χ0v) is 25.7. The number of hydrogen-bond donors (Lipinski definition) is 1. The molecule has 0 saturated carbocycles. The highest BCUT2D eigenvalue weighted by Crippen LogP contribution is 2.46. The van der Waals surface area contributed by atoms with Gasteiger partial charge in [0.2, 0.25) is 0 Å². The minimum absolute atomic E-state index is 0.0986. The van der Waals surface area contributed by atoms with E-state index in [-0.39, 0.29) is 11.3 Å². The Kier molecular flexibility index (Phi) is 7.67. The van der Waals surface area contributed by atoms with Gasteiger partial charge in [0.05, 0.1) is 36.1 Å². The van der Waals surface area contributed by atoms with Gasteiger partial charge in [0.1, 0.15) is 31.3 Å². The third kappa shape index (κ3) is 5.24. The van der Waals surface area contributed by atoms with Crippen LogP contribution in [0.25, 0.3) is 16.0 Å². The summed E-state index contributed by atoms with van der Waals surface area (Å²) in [7, 11) is 3.09. The smallest absolute Gasteiger partial charge is 0.301 e. The van der Waals surface area contributed by atoms with Crippen molar-refractivity contribution in [2.75, 3.05) is 32.3 Å². The lowest BCUT2D eigenvalue weighted by atomic mass is 9.95. The summed E-state index contributed by atoms with van der Waals surface area (Å²) in [6.45, 7) is 1.07. The van der Waals surface area contributed by atoms with Gasteiger partial charge >= 0.3 is 5.91 Å². The van der Waals surface area contributed by atoms with Gasteiger partial charge in [-0.2, -0.15) is 0 Å². The maximum Gasteiger partial charge on any atom is 0.301 e. The molecule has 5 aromatic rings. The molecule has 1 fully saturated rings. The lowest BCUT2D eigenvalue weighted by Gasteiger charge is -2.24. The average molecular weight is 637 g/mol. The lowest BCUT2D eigenvalue weighted by molar-refractivity contribution is -0.132. The number of ketones is 1. The number of anilines is 1. The maximum absolute atomic E-state index is 13.8. The van der Waals surface area contributed by atoms with Gasteiger partial charge in [-0.05, 0) is 59.7 Å². The second-order valence-corrected chi connectivity index (χ2v) is 11.6. The van der Waals surface area contributed by atoms with E-state index >= 15 is 0 Å². The number of hydrogen-bond acceptors (Lipinski definition) is 10. The van der Waals surface area contributed by atoms with Gasteiger partial charge in [-0.1, -0.05) is 47.7 Å². The molecule has 7 rings (SSSR count). The highest BCUT2D eigenvalue weighted by atomic mass is 32.1. The van der Waals surface area contributed by atoms with Gasteiger partial charge in [0, 0.05) is 5.56 Å². The van der Waals surface area contributed by atoms with E-state index in [0.717, 1.165) is 10.3 Å². The highest BCUT2D eigenvalue weighted by Gasteiger charge is 2.48. The second-order valence-electron chi connectivity index (χ2n) is 10.5. The lowest BCUT2D eigenvalue weighted by Crippen LogP contribution is -2.29.